The van der Waals surface area contributed by atoms with Crippen molar-refractivity contribution in [2.24, 2.45) is 10.7 Å². The van der Waals surface area contributed by atoms with E-state index < -0.39 is 0 Å². The SMILES string of the molecule is C=N/C=C\S.Cc1cccc(-c2c3ccccc3c(-c3c4ccccc4c(-c4cccc(CS/C=C\N)c4)c4ccccc34)c3ccccc23)c1. The summed E-state index contributed by atoms with van der Waals surface area (Å²) >= 11 is 5.40. The quantitative estimate of drug-likeness (QED) is 0.0990. The number of aryl methyl sites for hydroxylation is 1. The Balaban J connectivity index is 0.000000761. The Kier molecular flexibility index (Phi) is 10.3. The van der Waals surface area contributed by atoms with Gasteiger partial charge in [-0.15, -0.1) is 24.4 Å². The fraction of sp³-hybridized carbons (Fsp3) is 0.0426. The predicted octanol–water partition coefficient (Wildman–Crippen LogP) is 13.4. The maximum atomic E-state index is 5.61. The molecule has 248 valence electrons. The third-order valence-corrected chi connectivity index (χ3v) is 10.2. The average molecular weight is 695 g/mol. The van der Waals surface area contributed by atoms with Gasteiger partial charge in [0.25, 0.3) is 0 Å². The molecule has 0 heterocycles. The van der Waals surface area contributed by atoms with Gasteiger partial charge in [-0.3, -0.25) is 4.99 Å². The second-order valence-corrected chi connectivity index (χ2v) is 13.6. The molecular formula is C47H38N2S2. The topological polar surface area (TPSA) is 38.4 Å². The number of nitrogens with two attached hydrogens (primary N) is 1. The van der Waals surface area contributed by atoms with E-state index in [1.54, 1.807) is 18.0 Å². The Hall–Kier alpha value is -5.55. The maximum absolute atomic E-state index is 5.61. The summed E-state index contributed by atoms with van der Waals surface area (Å²) in [6.07, 6.45) is 3.11. The van der Waals surface area contributed by atoms with Crippen molar-refractivity contribution in [3.05, 3.63) is 180 Å². The fourth-order valence-electron chi connectivity index (χ4n) is 7.28. The number of hydrogen-bond donors (Lipinski definition) is 2. The molecule has 8 rings (SSSR count). The average Bonchev–Trinajstić information content (AvgIpc) is 3.17. The van der Waals surface area contributed by atoms with Gasteiger partial charge in [0.15, 0.2) is 0 Å². The number of hydrogen-bond acceptors (Lipinski definition) is 4. The van der Waals surface area contributed by atoms with Crippen molar-refractivity contribution in [1.29, 1.82) is 0 Å². The van der Waals surface area contributed by atoms with Crippen molar-refractivity contribution in [3.8, 4) is 33.4 Å². The molecule has 0 aromatic heterocycles. The molecule has 8 aromatic rings. The highest BCUT2D eigenvalue weighted by molar-refractivity contribution is 8.01. The van der Waals surface area contributed by atoms with Crippen LogP contribution in [0.5, 0.6) is 0 Å². The molecule has 0 aliphatic rings. The molecule has 51 heavy (non-hydrogen) atoms. The first kappa shape index (κ1) is 33.9. The van der Waals surface area contributed by atoms with Crippen LogP contribution in [0.4, 0.5) is 0 Å². The van der Waals surface area contributed by atoms with Crippen molar-refractivity contribution < 1.29 is 0 Å². The van der Waals surface area contributed by atoms with Gasteiger partial charge in [-0.05, 0) is 106 Å². The number of fused-ring (bicyclic) bond motifs is 4. The summed E-state index contributed by atoms with van der Waals surface area (Å²) in [6.45, 7) is 5.34. The summed E-state index contributed by atoms with van der Waals surface area (Å²) in [5, 5.41) is 13.6. The van der Waals surface area contributed by atoms with Crippen LogP contribution in [0.25, 0.3) is 76.5 Å². The Morgan fingerprint density at radius 3 is 1.35 bits per heavy atom. The van der Waals surface area contributed by atoms with Crippen LogP contribution < -0.4 is 5.73 Å². The van der Waals surface area contributed by atoms with Crippen LogP contribution in [0.15, 0.2) is 174 Å². The highest BCUT2D eigenvalue weighted by Crippen LogP contribution is 2.50. The summed E-state index contributed by atoms with van der Waals surface area (Å²) in [5.74, 6) is 0.876. The monoisotopic (exact) mass is 694 g/mol. The third-order valence-electron chi connectivity index (χ3n) is 9.23. The predicted molar refractivity (Wildman–Crippen MR) is 230 cm³/mol. The third kappa shape index (κ3) is 6.69. The molecule has 0 bridgehead atoms. The molecule has 0 saturated heterocycles. The van der Waals surface area contributed by atoms with Crippen molar-refractivity contribution >= 4 is 74.2 Å². The lowest BCUT2D eigenvalue weighted by Crippen LogP contribution is -1.95. The van der Waals surface area contributed by atoms with E-state index in [-0.39, 0.29) is 0 Å². The fourth-order valence-corrected chi connectivity index (χ4v) is 7.96. The van der Waals surface area contributed by atoms with Crippen molar-refractivity contribution in [2.75, 3.05) is 0 Å². The minimum absolute atomic E-state index is 0.876. The second-order valence-electron chi connectivity index (χ2n) is 12.4. The molecule has 0 fully saturated rings. The molecule has 0 unspecified atom stereocenters. The Morgan fingerprint density at radius 1 is 0.569 bits per heavy atom. The lowest BCUT2D eigenvalue weighted by Gasteiger charge is -2.22. The number of aliphatic imine (C=N–C) groups is 1. The van der Waals surface area contributed by atoms with Gasteiger partial charge in [0.2, 0.25) is 0 Å². The number of thiol groups is 1. The molecule has 4 heteroatoms. The van der Waals surface area contributed by atoms with Crippen LogP contribution in [0.3, 0.4) is 0 Å². The van der Waals surface area contributed by atoms with Crippen LogP contribution in [0.2, 0.25) is 0 Å². The van der Waals surface area contributed by atoms with E-state index in [4.69, 9.17) is 5.73 Å². The van der Waals surface area contributed by atoms with Crippen LogP contribution >= 0.6 is 24.4 Å². The molecule has 2 nitrogen and oxygen atoms in total. The second kappa shape index (κ2) is 15.6. The van der Waals surface area contributed by atoms with Gasteiger partial charge in [0, 0.05) is 18.2 Å². The Bertz CT molecular complexity index is 2490. The van der Waals surface area contributed by atoms with E-state index in [1.165, 1.54) is 99.2 Å². The largest absolute Gasteiger partial charge is 0.404 e. The van der Waals surface area contributed by atoms with Crippen LogP contribution in [0, 0.1) is 6.92 Å². The van der Waals surface area contributed by atoms with Crippen LogP contribution in [-0.2, 0) is 5.75 Å². The normalized spacial score (nSPS) is 11.5. The first-order chi connectivity index (χ1) is 25.1. The van der Waals surface area contributed by atoms with E-state index in [9.17, 15) is 0 Å². The van der Waals surface area contributed by atoms with E-state index in [0.717, 1.165) is 5.75 Å². The van der Waals surface area contributed by atoms with Gasteiger partial charge < -0.3 is 5.73 Å². The zero-order chi connectivity index (χ0) is 35.2. The Labute approximate surface area is 309 Å². The molecule has 0 amide bonds. The summed E-state index contributed by atoms with van der Waals surface area (Å²) in [4.78, 5) is 3.35. The molecule has 0 spiro atoms. The summed E-state index contributed by atoms with van der Waals surface area (Å²) in [7, 11) is 0. The molecule has 2 N–H and O–H groups in total. The molecular weight excluding hydrogens is 657 g/mol. The van der Waals surface area contributed by atoms with Gasteiger partial charge in [0.05, 0.1) is 0 Å². The highest BCUT2D eigenvalue weighted by Gasteiger charge is 2.22. The van der Waals surface area contributed by atoms with Gasteiger partial charge in [0.1, 0.15) is 0 Å². The van der Waals surface area contributed by atoms with Gasteiger partial charge >= 0.3 is 0 Å². The Morgan fingerprint density at radius 2 is 0.980 bits per heavy atom. The zero-order valence-electron chi connectivity index (χ0n) is 28.5. The summed E-state index contributed by atoms with van der Waals surface area (Å²) < 4.78 is 0. The molecule has 0 atom stereocenters. The molecule has 8 aromatic carbocycles. The molecule has 0 radical (unpaired) electrons. The smallest absolute Gasteiger partial charge is 0.0321 e. The first-order valence-corrected chi connectivity index (χ1v) is 18.5. The molecule has 0 saturated carbocycles. The lowest BCUT2D eigenvalue weighted by molar-refractivity contribution is 1.42. The number of benzene rings is 8. The van der Waals surface area contributed by atoms with E-state index in [0.29, 0.717) is 0 Å². The number of thioether (sulfide) groups is 1. The van der Waals surface area contributed by atoms with Crippen molar-refractivity contribution in [1.82, 2.24) is 0 Å². The minimum Gasteiger partial charge on any atom is -0.404 e. The molecule has 0 aliphatic heterocycles. The van der Waals surface area contributed by atoms with E-state index in [1.807, 2.05) is 5.41 Å². The van der Waals surface area contributed by atoms with Crippen molar-refractivity contribution in [3.63, 3.8) is 0 Å². The summed E-state index contributed by atoms with van der Waals surface area (Å²) in [5.41, 5.74) is 15.8. The number of nitrogens with zero attached hydrogens (tertiary/aromatic N) is 1. The number of rotatable bonds is 7. The van der Waals surface area contributed by atoms with Crippen LogP contribution in [-0.4, -0.2) is 6.72 Å². The van der Waals surface area contributed by atoms with Crippen molar-refractivity contribution in [2.45, 2.75) is 12.7 Å². The molecule has 0 aliphatic carbocycles. The zero-order valence-corrected chi connectivity index (χ0v) is 30.2. The maximum Gasteiger partial charge on any atom is 0.0321 e. The summed E-state index contributed by atoms with van der Waals surface area (Å²) in [6, 6.07) is 53.7. The minimum atomic E-state index is 0.876. The van der Waals surface area contributed by atoms with E-state index >= 15 is 0 Å². The van der Waals surface area contributed by atoms with Crippen LogP contribution in [0.1, 0.15) is 11.1 Å². The highest BCUT2D eigenvalue weighted by atomic mass is 32.2. The lowest BCUT2D eigenvalue weighted by atomic mass is 9.81. The van der Waals surface area contributed by atoms with Gasteiger partial charge in [-0.2, -0.15) is 0 Å². The van der Waals surface area contributed by atoms with E-state index in [2.05, 4.69) is 177 Å². The first-order valence-electron chi connectivity index (χ1n) is 16.9. The standard InChI is InChI=1S/C44H33NS.C3H5NS/c1-29-12-10-14-31(26-29)41-33-16-2-6-20-37(33)43(38-21-7-3-17-34(38)41)44-39-22-8-4-18-35(39)42(36-19-5-9-23-40(36)44)32-15-11-13-30(27-32)28-46-25-24-45;1-4-2-3-5/h2-27H,28,45H2,1H3;2-3,5H,1H2/b25-24-;3-2-. The van der Waals surface area contributed by atoms with Gasteiger partial charge in [-0.1, -0.05) is 151 Å². The van der Waals surface area contributed by atoms with Gasteiger partial charge in [-0.25, -0.2) is 0 Å².